The normalized spacial score (nSPS) is 12.5. The Labute approximate surface area is 71.2 Å². The predicted molar refractivity (Wildman–Crippen MR) is 46.3 cm³/mol. The first-order valence-corrected chi connectivity index (χ1v) is 3.85. The van der Waals surface area contributed by atoms with Gasteiger partial charge in [0.15, 0.2) is 0 Å². The molecule has 1 aromatic rings. The molecule has 0 unspecified atom stereocenters. The Kier molecular flexibility index (Phi) is 2.88. The number of carbonyl (C=O) groups excluding carboxylic acids is 1. The van der Waals surface area contributed by atoms with Gasteiger partial charge in [-0.25, -0.2) is 0 Å². The molecule has 1 aromatic heterocycles. The number of nitrogens with two attached hydrogens (primary N) is 1. The van der Waals surface area contributed by atoms with Gasteiger partial charge in [-0.05, 0) is 18.6 Å². The zero-order valence-electron chi connectivity index (χ0n) is 7.00. The molecule has 0 aliphatic carbocycles. The van der Waals surface area contributed by atoms with E-state index in [2.05, 4.69) is 10.3 Å². The van der Waals surface area contributed by atoms with Crippen LogP contribution in [0.5, 0.6) is 0 Å². The predicted octanol–water partition coefficient (Wildman–Crippen LogP) is -0.0219. The highest BCUT2D eigenvalue weighted by Crippen LogP contribution is 1.94. The molecule has 0 bridgehead atoms. The molecule has 0 aliphatic rings. The number of H-pyrrole nitrogens is 1. The van der Waals surface area contributed by atoms with Gasteiger partial charge in [-0.2, -0.15) is 0 Å². The Morgan fingerprint density at radius 1 is 1.83 bits per heavy atom. The second-order valence-corrected chi connectivity index (χ2v) is 2.73. The van der Waals surface area contributed by atoms with Gasteiger partial charge >= 0.3 is 0 Å². The van der Waals surface area contributed by atoms with Gasteiger partial charge in [-0.3, -0.25) is 4.79 Å². The first-order valence-electron chi connectivity index (χ1n) is 3.85. The molecule has 1 rings (SSSR count). The van der Waals surface area contributed by atoms with Crippen LogP contribution in [-0.2, 0) is 11.3 Å². The molecule has 0 spiro atoms. The smallest absolute Gasteiger partial charge is 0.236 e. The Balaban J connectivity index is 2.32. The fourth-order valence-corrected chi connectivity index (χ4v) is 0.819. The number of hydrogen-bond donors (Lipinski definition) is 3. The molecule has 12 heavy (non-hydrogen) atoms. The largest absolute Gasteiger partial charge is 0.367 e. The van der Waals surface area contributed by atoms with Crippen LogP contribution in [0.1, 0.15) is 12.5 Å². The van der Waals surface area contributed by atoms with E-state index in [0.717, 1.165) is 5.56 Å². The molecule has 0 saturated heterocycles. The van der Waals surface area contributed by atoms with Crippen LogP contribution < -0.4 is 11.1 Å². The van der Waals surface area contributed by atoms with Crippen LogP contribution in [0.4, 0.5) is 0 Å². The minimum absolute atomic E-state index is 0.129. The number of rotatable bonds is 3. The van der Waals surface area contributed by atoms with Crippen molar-refractivity contribution < 1.29 is 4.79 Å². The van der Waals surface area contributed by atoms with Crippen LogP contribution in [0.2, 0.25) is 0 Å². The molecule has 1 atom stereocenters. The lowest BCUT2D eigenvalue weighted by Crippen LogP contribution is -2.37. The van der Waals surface area contributed by atoms with E-state index >= 15 is 0 Å². The summed E-state index contributed by atoms with van der Waals surface area (Å²) in [6.07, 6.45) is 3.65. The molecular weight excluding hydrogens is 154 g/mol. The lowest BCUT2D eigenvalue weighted by Gasteiger charge is -2.05. The van der Waals surface area contributed by atoms with Crippen molar-refractivity contribution in [2.75, 3.05) is 0 Å². The SMILES string of the molecule is C[C@H](N)C(=O)NCc1cc[nH]c1. The number of nitrogens with one attached hydrogen (secondary N) is 2. The summed E-state index contributed by atoms with van der Waals surface area (Å²) in [6, 6.07) is 1.46. The van der Waals surface area contributed by atoms with E-state index in [1.165, 1.54) is 0 Å². The highest BCUT2D eigenvalue weighted by atomic mass is 16.2. The average molecular weight is 167 g/mol. The van der Waals surface area contributed by atoms with Crippen LogP contribution >= 0.6 is 0 Å². The molecule has 4 heteroatoms. The van der Waals surface area contributed by atoms with E-state index in [0.29, 0.717) is 6.54 Å². The second kappa shape index (κ2) is 3.92. The quantitative estimate of drug-likeness (QED) is 0.592. The van der Waals surface area contributed by atoms with Gasteiger partial charge in [0.25, 0.3) is 0 Å². The summed E-state index contributed by atoms with van der Waals surface area (Å²) < 4.78 is 0. The van der Waals surface area contributed by atoms with E-state index in [1.54, 1.807) is 6.92 Å². The maximum atomic E-state index is 11.0. The van der Waals surface area contributed by atoms with Gasteiger partial charge in [0.05, 0.1) is 6.04 Å². The summed E-state index contributed by atoms with van der Waals surface area (Å²) >= 11 is 0. The van der Waals surface area contributed by atoms with Gasteiger partial charge < -0.3 is 16.0 Å². The van der Waals surface area contributed by atoms with E-state index in [-0.39, 0.29) is 5.91 Å². The monoisotopic (exact) mass is 167 g/mol. The standard InChI is InChI=1S/C8H13N3O/c1-6(9)8(12)11-5-7-2-3-10-4-7/h2-4,6,10H,5,9H2,1H3,(H,11,12)/t6-/m0/s1. The summed E-state index contributed by atoms with van der Waals surface area (Å²) in [7, 11) is 0. The van der Waals surface area contributed by atoms with Crippen molar-refractivity contribution in [3.63, 3.8) is 0 Å². The van der Waals surface area contributed by atoms with Crippen molar-refractivity contribution >= 4 is 5.91 Å². The van der Waals surface area contributed by atoms with Crippen molar-refractivity contribution in [3.05, 3.63) is 24.0 Å². The number of carbonyl (C=O) groups is 1. The third kappa shape index (κ3) is 2.39. The molecule has 1 amide bonds. The minimum Gasteiger partial charge on any atom is -0.367 e. The lowest BCUT2D eigenvalue weighted by atomic mass is 10.3. The lowest BCUT2D eigenvalue weighted by molar-refractivity contribution is -0.122. The van der Waals surface area contributed by atoms with Crippen LogP contribution in [0, 0.1) is 0 Å². The Hall–Kier alpha value is -1.29. The van der Waals surface area contributed by atoms with Crippen molar-refractivity contribution in [1.82, 2.24) is 10.3 Å². The molecule has 0 saturated carbocycles. The summed E-state index contributed by atoms with van der Waals surface area (Å²) in [4.78, 5) is 13.9. The van der Waals surface area contributed by atoms with Gasteiger partial charge in [0.1, 0.15) is 0 Å². The van der Waals surface area contributed by atoms with E-state index in [9.17, 15) is 4.79 Å². The Bertz CT molecular complexity index is 241. The molecule has 0 aliphatic heterocycles. The molecule has 4 N–H and O–H groups in total. The zero-order valence-corrected chi connectivity index (χ0v) is 7.00. The van der Waals surface area contributed by atoms with Crippen molar-refractivity contribution in [1.29, 1.82) is 0 Å². The fourth-order valence-electron chi connectivity index (χ4n) is 0.819. The Morgan fingerprint density at radius 3 is 3.08 bits per heavy atom. The van der Waals surface area contributed by atoms with E-state index < -0.39 is 6.04 Å². The van der Waals surface area contributed by atoms with Crippen LogP contribution in [0.3, 0.4) is 0 Å². The van der Waals surface area contributed by atoms with Gasteiger partial charge in [-0.15, -0.1) is 0 Å². The minimum atomic E-state index is -0.441. The van der Waals surface area contributed by atoms with Crippen LogP contribution in [-0.4, -0.2) is 16.9 Å². The summed E-state index contributed by atoms with van der Waals surface area (Å²) in [5.41, 5.74) is 6.40. The van der Waals surface area contributed by atoms with E-state index in [1.807, 2.05) is 18.5 Å². The third-order valence-corrected chi connectivity index (χ3v) is 1.54. The van der Waals surface area contributed by atoms with Gasteiger partial charge in [-0.1, -0.05) is 0 Å². The van der Waals surface area contributed by atoms with Crippen molar-refractivity contribution in [2.45, 2.75) is 19.5 Å². The van der Waals surface area contributed by atoms with Gasteiger partial charge in [0.2, 0.25) is 5.91 Å². The third-order valence-electron chi connectivity index (χ3n) is 1.54. The van der Waals surface area contributed by atoms with Gasteiger partial charge in [0, 0.05) is 18.9 Å². The molecule has 0 aromatic carbocycles. The zero-order chi connectivity index (χ0) is 8.97. The summed E-state index contributed by atoms with van der Waals surface area (Å²) in [5.74, 6) is -0.129. The summed E-state index contributed by atoms with van der Waals surface area (Å²) in [6.45, 7) is 2.19. The topological polar surface area (TPSA) is 70.9 Å². The second-order valence-electron chi connectivity index (χ2n) is 2.73. The first kappa shape index (κ1) is 8.80. The molecule has 1 heterocycles. The Morgan fingerprint density at radius 2 is 2.58 bits per heavy atom. The van der Waals surface area contributed by atoms with Crippen LogP contribution in [0.25, 0.3) is 0 Å². The molecular formula is C8H13N3O. The first-order chi connectivity index (χ1) is 5.70. The number of amides is 1. The molecule has 0 radical (unpaired) electrons. The fraction of sp³-hybridized carbons (Fsp3) is 0.375. The van der Waals surface area contributed by atoms with E-state index in [4.69, 9.17) is 5.73 Å². The number of hydrogen-bond acceptors (Lipinski definition) is 2. The molecule has 4 nitrogen and oxygen atoms in total. The highest BCUT2D eigenvalue weighted by Gasteiger charge is 2.05. The highest BCUT2D eigenvalue weighted by molar-refractivity contribution is 5.80. The molecule has 66 valence electrons. The maximum absolute atomic E-state index is 11.0. The number of aromatic amines is 1. The molecule has 0 fully saturated rings. The van der Waals surface area contributed by atoms with Crippen molar-refractivity contribution in [2.24, 2.45) is 5.73 Å². The maximum Gasteiger partial charge on any atom is 0.236 e. The summed E-state index contributed by atoms with van der Waals surface area (Å²) in [5, 5.41) is 2.70. The van der Waals surface area contributed by atoms with Crippen LogP contribution in [0.15, 0.2) is 18.5 Å². The van der Waals surface area contributed by atoms with Crippen molar-refractivity contribution in [3.8, 4) is 0 Å². The number of aromatic nitrogens is 1. The average Bonchev–Trinajstić information content (AvgIpc) is 2.51.